The third-order valence-corrected chi connectivity index (χ3v) is 7.78. The molecule has 5 rings (SSSR count). The Bertz CT molecular complexity index is 1260. The lowest BCUT2D eigenvalue weighted by molar-refractivity contribution is -0.137. The molecule has 3 aliphatic rings. The van der Waals surface area contributed by atoms with Gasteiger partial charge >= 0.3 is 11.7 Å². The Morgan fingerprint density at radius 3 is 2.29 bits per heavy atom. The van der Waals surface area contributed by atoms with Gasteiger partial charge in [-0.1, -0.05) is 6.07 Å². The number of rotatable bonds is 5. The lowest BCUT2D eigenvalue weighted by Gasteiger charge is -2.37. The Morgan fingerprint density at radius 1 is 1.08 bits per heavy atom. The van der Waals surface area contributed by atoms with Crippen LogP contribution in [0.15, 0.2) is 35.3 Å². The number of amides is 3. The van der Waals surface area contributed by atoms with Gasteiger partial charge in [-0.25, -0.2) is 9.59 Å². The number of aryl methyl sites for hydroxylation is 1. The number of halogens is 1. The third-order valence-electron chi connectivity index (χ3n) is 7.78. The average Bonchev–Trinajstić information content (AvgIpc) is 3.24. The Balaban J connectivity index is 0.00000336. The van der Waals surface area contributed by atoms with Crippen molar-refractivity contribution in [2.75, 3.05) is 44.6 Å². The van der Waals surface area contributed by atoms with Crippen molar-refractivity contribution in [1.29, 1.82) is 0 Å². The van der Waals surface area contributed by atoms with E-state index in [4.69, 9.17) is 11.5 Å². The van der Waals surface area contributed by atoms with Gasteiger partial charge in [0.1, 0.15) is 5.82 Å². The predicted octanol–water partition coefficient (Wildman–Crippen LogP) is 0.765. The van der Waals surface area contributed by atoms with Crippen LogP contribution >= 0.6 is 12.4 Å². The van der Waals surface area contributed by atoms with Crippen molar-refractivity contribution < 1.29 is 9.59 Å². The molecule has 2 aromatic rings. The number of likely N-dealkylation sites (tertiary alicyclic amines) is 1. The van der Waals surface area contributed by atoms with E-state index in [0.29, 0.717) is 44.1 Å². The smallest absolute Gasteiger partial charge is 0.338 e. The maximum absolute atomic E-state index is 12.8. The molecule has 2 aliphatic heterocycles. The lowest BCUT2D eigenvalue weighted by Crippen LogP contribution is -2.58. The van der Waals surface area contributed by atoms with Crippen molar-refractivity contribution in [2.45, 2.75) is 38.9 Å². The van der Waals surface area contributed by atoms with Gasteiger partial charge < -0.3 is 21.3 Å². The highest BCUT2D eigenvalue weighted by Gasteiger charge is 2.53. The van der Waals surface area contributed by atoms with E-state index in [-0.39, 0.29) is 30.2 Å². The third kappa shape index (κ3) is 5.70. The second-order valence-corrected chi connectivity index (χ2v) is 11.1. The van der Waals surface area contributed by atoms with Crippen molar-refractivity contribution in [3.63, 3.8) is 0 Å². The minimum Gasteiger partial charge on any atom is -0.338 e. The number of hydrogen-bond donors (Lipinski definition) is 3. The molecule has 1 saturated carbocycles. The fourth-order valence-corrected chi connectivity index (χ4v) is 5.41. The van der Waals surface area contributed by atoms with Crippen LogP contribution in [0.4, 0.5) is 10.6 Å². The van der Waals surface area contributed by atoms with Gasteiger partial charge in [0.25, 0.3) is 0 Å². The van der Waals surface area contributed by atoms with Crippen LogP contribution < -0.4 is 22.5 Å². The first-order valence-corrected chi connectivity index (χ1v) is 12.8. The van der Waals surface area contributed by atoms with Crippen LogP contribution in [0.3, 0.4) is 0 Å². The maximum atomic E-state index is 12.8. The van der Waals surface area contributed by atoms with Crippen molar-refractivity contribution >= 4 is 30.2 Å². The summed E-state index contributed by atoms with van der Waals surface area (Å²) in [6, 6.07) is 7.62. The quantitative estimate of drug-likeness (QED) is 0.504. The summed E-state index contributed by atoms with van der Waals surface area (Å²) in [7, 11) is 0. The molecule has 3 fully saturated rings. The summed E-state index contributed by atoms with van der Waals surface area (Å²) in [6.45, 7) is 9.96. The van der Waals surface area contributed by atoms with Gasteiger partial charge in [-0.2, -0.15) is 4.98 Å². The van der Waals surface area contributed by atoms with Gasteiger partial charge in [0.15, 0.2) is 0 Å². The number of carbonyl (C=O) groups excluding carboxylic acids is 2. The van der Waals surface area contributed by atoms with E-state index in [2.05, 4.69) is 28.2 Å². The SMILES string of the molecule is Cc1cc(-n2ccc(NC(=O)N3CCN(C(=O)C(C)(C)N)CC3)nc2=O)ccc1CN1CC2C(N)C2C1.Cl. The standard InChI is InChI=1S/C26H36N8O3.ClH/c1-16-12-18(5-4-17(16)13-31-14-19-20(15-31)22(19)27)34-7-6-21(30-25(34)37)29-24(36)33-10-8-32(9-11-33)23(35)26(2,3)28;/h4-7,12,19-20,22H,8-11,13-15,27-28H2,1-3H3,(H,29,30,36,37);1H. The minimum absolute atomic E-state index is 0. The van der Waals surface area contributed by atoms with Gasteiger partial charge in [-0.3, -0.25) is 19.6 Å². The number of hydrogen-bond acceptors (Lipinski definition) is 7. The van der Waals surface area contributed by atoms with E-state index >= 15 is 0 Å². The second-order valence-electron chi connectivity index (χ2n) is 11.1. The molecule has 0 spiro atoms. The number of anilines is 1. The summed E-state index contributed by atoms with van der Waals surface area (Å²) in [5.74, 6) is 1.35. The molecule has 12 heteroatoms. The number of piperidine rings is 1. The van der Waals surface area contributed by atoms with Crippen molar-refractivity contribution in [3.05, 3.63) is 52.1 Å². The number of benzene rings is 1. The van der Waals surface area contributed by atoms with Gasteiger partial charge in [0, 0.05) is 58.1 Å². The van der Waals surface area contributed by atoms with Crippen LogP contribution in [0.5, 0.6) is 0 Å². The Morgan fingerprint density at radius 2 is 1.71 bits per heavy atom. The average molecular weight is 545 g/mol. The van der Waals surface area contributed by atoms with Gasteiger partial charge in [0.05, 0.1) is 11.2 Å². The summed E-state index contributed by atoms with van der Waals surface area (Å²) < 4.78 is 1.47. The largest absolute Gasteiger partial charge is 0.354 e. The molecule has 0 radical (unpaired) electrons. The van der Waals surface area contributed by atoms with E-state index in [1.54, 1.807) is 35.9 Å². The number of fused-ring (bicyclic) bond motifs is 1. The van der Waals surface area contributed by atoms with Crippen molar-refractivity contribution in [3.8, 4) is 5.69 Å². The Hall–Kier alpha value is -2.99. The maximum Gasteiger partial charge on any atom is 0.354 e. The molecule has 3 amide bonds. The van der Waals surface area contributed by atoms with Crippen LogP contribution in [-0.4, -0.2) is 87.0 Å². The molecule has 2 unspecified atom stereocenters. The molecular formula is C26H37ClN8O3. The number of nitrogens with one attached hydrogen (secondary N) is 1. The van der Waals surface area contributed by atoms with Crippen LogP contribution in [0, 0.1) is 18.8 Å². The number of piperazine rings is 1. The van der Waals surface area contributed by atoms with Crippen LogP contribution in [0.2, 0.25) is 0 Å². The summed E-state index contributed by atoms with van der Waals surface area (Å²) in [5.41, 5.74) is 13.6. The van der Waals surface area contributed by atoms with Crippen LogP contribution in [0.1, 0.15) is 25.0 Å². The molecule has 1 aromatic carbocycles. The zero-order chi connectivity index (χ0) is 26.5. The Kier molecular flexibility index (Phi) is 7.85. The van der Waals surface area contributed by atoms with E-state index in [9.17, 15) is 14.4 Å². The topological polar surface area (TPSA) is 143 Å². The number of nitrogens with two attached hydrogens (primary N) is 2. The number of urea groups is 1. The monoisotopic (exact) mass is 544 g/mol. The second kappa shape index (κ2) is 10.6. The van der Waals surface area contributed by atoms with Gasteiger partial charge in [-0.05, 0) is 61.9 Å². The molecule has 2 saturated heterocycles. The fraction of sp³-hybridized carbons (Fsp3) is 0.538. The summed E-state index contributed by atoms with van der Waals surface area (Å²) in [5, 5.41) is 2.70. The van der Waals surface area contributed by atoms with Crippen LogP contribution in [-0.2, 0) is 11.3 Å². The zero-order valence-corrected chi connectivity index (χ0v) is 22.9. The lowest BCUT2D eigenvalue weighted by atomic mass is 10.1. The zero-order valence-electron chi connectivity index (χ0n) is 22.1. The van der Waals surface area contributed by atoms with E-state index < -0.39 is 11.2 Å². The number of aromatic nitrogens is 2. The highest BCUT2D eigenvalue weighted by molar-refractivity contribution is 5.89. The molecule has 1 aliphatic carbocycles. The van der Waals surface area contributed by atoms with E-state index in [0.717, 1.165) is 30.9 Å². The molecule has 38 heavy (non-hydrogen) atoms. The molecule has 206 valence electrons. The van der Waals surface area contributed by atoms with Crippen molar-refractivity contribution in [2.24, 2.45) is 23.3 Å². The van der Waals surface area contributed by atoms with E-state index in [1.807, 2.05) is 12.1 Å². The van der Waals surface area contributed by atoms with Gasteiger partial charge in [-0.15, -0.1) is 12.4 Å². The summed E-state index contributed by atoms with van der Waals surface area (Å²) in [6.07, 6.45) is 1.62. The first-order valence-electron chi connectivity index (χ1n) is 12.8. The van der Waals surface area contributed by atoms with Gasteiger partial charge in [0.2, 0.25) is 5.91 Å². The highest BCUT2D eigenvalue weighted by Crippen LogP contribution is 2.44. The molecule has 3 heterocycles. The molecular weight excluding hydrogens is 508 g/mol. The number of nitrogens with zero attached hydrogens (tertiary/aromatic N) is 5. The first kappa shape index (κ1) is 28.0. The van der Waals surface area contributed by atoms with Crippen LogP contribution in [0.25, 0.3) is 5.69 Å². The summed E-state index contributed by atoms with van der Waals surface area (Å²) in [4.78, 5) is 47.6. The highest BCUT2D eigenvalue weighted by atomic mass is 35.5. The minimum atomic E-state index is -0.944. The molecule has 1 aromatic heterocycles. The number of carbonyl (C=O) groups is 2. The predicted molar refractivity (Wildman–Crippen MR) is 147 cm³/mol. The first-order chi connectivity index (χ1) is 17.5. The molecule has 0 bridgehead atoms. The molecule has 11 nitrogen and oxygen atoms in total. The normalized spacial score (nSPS) is 23.0. The van der Waals surface area contributed by atoms with Crippen molar-refractivity contribution in [1.82, 2.24) is 24.3 Å². The molecule has 5 N–H and O–H groups in total. The van der Waals surface area contributed by atoms with E-state index in [1.165, 1.54) is 10.1 Å². The Labute approximate surface area is 228 Å². The summed E-state index contributed by atoms with van der Waals surface area (Å²) >= 11 is 0. The fourth-order valence-electron chi connectivity index (χ4n) is 5.41. The molecule has 2 atom stereocenters.